The highest BCUT2D eigenvalue weighted by atomic mass is 35.5. The summed E-state index contributed by atoms with van der Waals surface area (Å²) in [6.07, 6.45) is 2.26. The minimum absolute atomic E-state index is 0.118. The molecule has 3 amide bonds. The number of hydrogen-bond donors (Lipinski definition) is 3. The van der Waals surface area contributed by atoms with E-state index in [2.05, 4.69) is 16.0 Å². The summed E-state index contributed by atoms with van der Waals surface area (Å²) in [5, 5.41) is 8.35. The predicted octanol–water partition coefficient (Wildman–Crippen LogP) is 1.75. The van der Waals surface area contributed by atoms with Crippen molar-refractivity contribution in [3.63, 3.8) is 0 Å². The number of rotatable bonds is 7. The van der Waals surface area contributed by atoms with Gasteiger partial charge >= 0.3 is 0 Å². The maximum absolute atomic E-state index is 11.9. The molecule has 1 saturated carbocycles. The molecule has 2 rings (SSSR count). The Kier molecular flexibility index (Phi) is 6.45. The molecule has 0 heterocycles. The zero-order chi connectivity index (χ0) is 17.7. The lowest BCUT2D eigenvalue weighted by Crippen LogP contribution is -2.44. The summed E-state index contributed by atoms with van der Waals surface area (Å²) in [4.78, 5) is 35.3. The van der Waals surface area contributed by atoms with Gasteiger partial charge in [0.05, 0.1) is 23.7 Å². The standard InChI is InChI=1S/C16H19Cl2N3O3/c1-9(10-2-3-10)21-15(23)8-19-14(22)7-20-16(24)12-5-4-11(17)6-13(12)18/h4-6,9-10H,2-3,7-8H2,1H3,(H,19,22)(H,20,24)(H,21,23). The molecular formula is C16H19Cl2N3O3. The topological polar surface area (TPSA) is 87.3 Å². The second kappa shape index (κ2) is 8.35. The Hall–Kier alpha value is -1.79. The molecule has 0 spiro atoms. The molecule has 1 aromatic carbocycles. The fourth-order valence-corrected chi connectivity index (χ4v) is 2.68. The molecule has 1 atom stereocenters. The average molecular weight is 372 g/mol. The Morgan fingerprint density at radius 2 is 1.79 bits per heavy atom. The van der Waals surface area contributed by atoms with Crippen molar-refractivity contribution >= 4 is 40.9 Å². The van der Waals surface area contributed by atoms with E-state index in [1.807, 2.05) is 6.92 Å². The van der Waals surface area contributed by atoms with Gasteiger partial charge in [0.15, 0.2) is 0 Å². The smallest absolute Gasteiger partial charge is 0.253 e. The van der Waals surface area contributed by atoms with Crippen LogP contribution in [0.25, 0.3) is 0 Å². The molecule has 0 bridgehead atoms. The first-order valence-corrected chi connectivity index (χ1v) is 8.41. The quantitative estimate of drug-likeness (QED) is 0.682. The fraction of sp³-hybridized carbons (Fsp3) is 0.438. The van der Waals surface area contributed by atoms with Crippen molar-refractivity contribution in [2.75, 3.05) is 13.1 Å². The van der Waals surface area contributed by atoms with E-state index in [1.165, 1.54) is 18.2 Å². The highest BCUT2D eigenvalue weighted by Crippen LogP contribution is 2.32. The number of benzene rings is 1. The number of carbonyl (C=O) groups excluding carboxylic acids is 3. The van der Waals surface area contributed by atoms with E-state index in [0.29, 0.717) is 10.9 Å². The molecule has 24 heavy (non-hydrogen) atoms. The minimum atomic E-state index is -0.487. The Bertz CT molecular complexity index is 647. The molecule has 1 aliphatic rings. The van der Waals surface area contributed by atoms with Gasteiger partial charge in [-0.1, -0.05) is 23.2 Å². The molecule has 1 fully saturated rings. The van der Waals surface area contributed by atoms with Crippen LogP contribution in [0.4, 0.5) is 0 Å². The van der Waals surface area contributed by atoms with Gasteiger partial charge in [0.2, 0.25) is 11.8 Å². The molecule has 1 aliphatic carbocycles. The molecule has 1 unspecified atom stereocenters. The predicted molar refractivity (Wildman–Crippen MR) is 92.1 cm³/mol. The molecule has 3 N–H and O–H groups in total. The van der Waals surface area contributed by atoms with Gasteiger partial charge < -0.3 is 16.0 Å². The molecule has 0 saturated heterocycles. The van der Waals surface area contributed by atoms with Gasteiger partial charge in [0.25, 0.3) is 5.91 Å². The Morgan fingerprint density at radius 3 is 2.42 bits per heavy atom. The van der Waals surface area contributed by atoms with Gasteiger partial charge in [-0.3, -0.25) is 14.4 Å². The normalized spacial score (nSPS) is 14.6. The number of nitrogens with one attached hydrogen (secondary N) is 3. The second-order valence-electron chi connectivity index (χ2n) is 5.78. The maximum Gasteiger partial charge on any atom is 0.253 e. The highest BCUT2D eigenvalue weighted by molar-refractivity contribution is 6.36. The van der Waals surface area contributed by atoms with Crippen LogP contribution in [0, 0.1) is 5.92 Å². The highest BCUT2D eigenvalue weighted by Gasteiger charge is 2.28. The lowest BCUT2D eigenvalue weighted by atomic mass is 10.2. The van der Waals surface area contributed by atoms with Crippen molar-refractivity contribution in [1.29, 1.82) is 0 Å². The van der Waals surface area contributed by atoms with Crippen molar-refractivity contribution < 1.29 is 14.4 Å². The third kappa shape index (κ3) is 5.69. The molecule has 0 radical (unpaired) electrons. The van der Waals surface area contributed by atoms with E-state index >= 15 is 0 Å². The number of hydrogen-bond acceptors (Lipinski definition) is 3. The monoisotopic (exact) mass is 371 g/mol. The van der Waals surface area contributed by atoms with Gasteiger partial charge in [-0.05, 0) is 43.9 Å². The van der Waals surface area contributed by atoms with E-state index in [-0.39, 0.29) is 35.6 Å². The van der Waals surface area contributed by atoms with Crippen molar-refractivity contribution in [3.05, 3.63) is 33.8 Å². The van der Waals surface area contributed by atoms with Crippen LogP contribution in [-0.2, 0) is 9.59 Å². The van der Waals surface area contributed by atoms with Gasteiger partial charge in [-0.15, -0.1) is 0 Å². The summed E-state index contributed by atoms with van der Waals surface area (Å²) < 4.78 is 0. The molecule has 8 heteroatoms. The first-order valence-electron chi connectivity index (χ1n) is 7.66. The fourth-order valence-electron chi connectivity index (χ4n) is 2.19. The Balaban J connectivity index is 1.70. The molecule has 0 aliphatic heterocycles. The molecule has 1 aromatic rings. The second-order valence-corrected chi connectivity index (χ2v) is 6.62. The summed E-state index contributed by atoms with van der Waals surface area (Å²) in [7, 11) is 0. The van der Waals surface area contributed by atoms with Gasteiger partial charge in [0, 0.05) is 11.1 Å². The summed E-state index contributed by atoms with van der Waals surface area (Å²) >= 11 is 11.7. The van der Waals surface area contributed by atoms with Crippen molar-refractivity contribution in [2.45, 2.75) is 25.8 Å². The van der Waals surface area contributed by atoms with Gasteiger partial charge in [-0.25, -0.2) is 0 Å². The largest absolute Gasteiger partial charge is 0.352 e. The zero-order valence-electron chi connectivity index (χ0n) is 13.2. The molecular weight excluding hydrogens is 353 g/mol. The van der Waals surface area contributed by atoms with Crippen LogP contribution in [0.3, 0.4) is 0 Å². The Labute approximate surface area is 150 Å². The Morgan fingerprint density at radius 1 is 1.12 bits per heavy atom. The first-order chi connectivity index (χ1) is 11.4. The number of halogens is 2. The summed E-state index contributed by atoms with van der Waals surface area (Å²) in [6.45, 7) is 1.59. The van der Waals surface area contributed by atoms with Crippen LogP contribution in [0.2, 0.25) is 10.0 Å². The lowest BCUT2D eigenvalue weighted by molar-refractivity contribution is -0.125. The lowest BCUT2D eigenvalue weighted by Gasteiger charge is -2.13. The maximum atomic E-state index is 11.9. The van der Waals surface area contributed by atoms with Crippen molar-refractivity contribution in [2.24, 2.45) is 5.92 Å². The SMILES string of the molecule is CC(NC(=O)CNC(=O)CNC(=O)c1ccc(Cl)cc1Cl)C1CC1. The van der Waals surface area contributed by atoms with E-state index < -0.39 is 11.8 Å². The van der Waals surface area contributed by atoms with E-state index in [4.69, 9.17) is 23.2 Å². The third-order valence-electron chi connectivity index (χ3n) is 3.75. The van der Waals surface area contributed by atoms with E-state index in [0.717, 1.165) is 12.8 Å². The molecule has 130 valence electrons. The minimum Gasteiger partial charge on any atom is -0.352 e. The van der Waals surface area contributed by atoms with Crippen LogP contribution < -0.4 is 16.0 Å². The molecule has 6 nitrogen and oxygen atoms in total. The van der Waals surface area contributed by atoms with Gasteiger partial charge in [0.1, 0.15) is 0 Å². The number of carbonyl (C=O) groups is 3. The van der Waals surface area contributed by atoms with Crippen LogP contribution in [0.1, 0.15) is 30.1 Å². The van der Waals surface area contributed by atoms with Crippen LogP contribution in [-0.4, -0.2) is 36.9 Å². The summed E-state index contributed by atoms with van der Waals surface area (Å²) in [6, 6.07) is 4.59. The third-order valence-corrected chi connectivity index (χ3v) is 4.30. The van der Waals surface area contributed by atoms with Gasteiger partial charge in [-0.2, -0.15) is 0 Å². The van der Waals surface area contributed by atoms with Crippen LogP contribution in [0.15, 0.2) is 18.2 Å². The van der Waals surface area contributed by atoms with Crippen molar-refractivity contribution in [3.8, 4) is 0 Å². The average Bonchev–Trinajstić information content (AvgIpc) is 3.35. The summed E-state index contributed by atoms with van der Waals surface area (Å²) in [5.74, 6) is -0.635. The van der Waals surface area contributed by atoms with Crippen LogP contribution >= 0.6 is 23.2 Å². The number of amides is 3. The van der Waals surface area contributed by atoms with E-state index in [9.17, 15) is 14.4 Å². The molecule has 0 aromatic heterocycles. The first kappa shape index (κ1) is 18.5. The van der Waals surface area contributed by atoms with Crippen LogP contribution in [0.5, 0.6) is 0 Å². The zero-order valence-corrected chi connectivity index (χ0v) is 14.7. The van der Waals surface area contributed by atoms with Crippen molar-refractivity contribution in [1.82, 2.24) is 16.0 Å². The van der Waals surface area contributed by atoms with E-state index in [1.54, 1.807) is 0 Å². The summed E-state index contributed by atoms with van der Waals surface area (Å²) in [5.41, 5.74) is 0.227.